The third-order valence-electron chi connectivity index (χ3n) is 3.21. The summed E-state index contributed by atoms with van der Waals surface area (Å²) < 4.78 is 4.45. The van der Waals surface area contributed by atoms with Crippen LogP contribution >= 0.6 is 0 Å². The maximum absolute atomic E-state index is 2.33. The van der Waals surface area contributed by atoms with Crippen molar-refractivity contribution >= 4 is 0 Å². The SMILES string of the molecule is CCCCCC(CCC)Cn1cc[n+](C)c1.[Cl-]. The second-order valence-electron chi connectivity index (χ2n) is 4.93. The number of hydrogen-bond acceptors (Lipinski definition) is 0. The van der Waals surface area contributed by atoms with Gasteiger partial charge in [0.05, 0.1) is 13.6 Å². The van der Waals surface area contributed by atoms with Gasteiger partial charge in [0.1, 0.15) is 12.4 Å². The summed E-state index contributed by atoms with van der Waals surface area (Å²) in [4.78, 5) is 0. The van der Waals surface area contributed by atoms with E-state index in [0.29, 0.717) is 0 Å². The van der Waals surface area contributed by atoms with E-state index in [2.05, 4.69) is 48.8 Å². The minimum atomic E-state index is 0. The van der Waals surface area contributed by atoms with E-state index in [1.165, 1.54) is 45.1 Å². The van der Waals surface area contributed by atoms with Gasteiger partial charge >= 0.3 is 0 Å². The van der Waals surface area contributed by atoms with E-state index in [9.17, 15) is 0 Å². The fraction of sp³-hybridized carbons (Fsp3) is 0.786. The van der Waals surface area contributed by atoms with Crippen LogP contribution in [-0.2, 0) is 13.6 Å². The van der Waals surface area contributed by atoms with E-state index in [4.69, 9.17) is 0 Å². The Morgan fingerprint density at radius 1 is 1.12 bits per heavy atom. The molecule has 1 aromatic rings. The maximum Gasteiger partial charge on any atom is 0.243 e. The van der Waals surface area contributed by atoms with Crippen molar-refractivity contribution in [2.75, 3.05) is 0 Å². The van der Waals surface area contributed by atoms with Gasteiger partial charge < -0.3 is 12.4 Å². The van der Waals surface area contributed by atoms with Gasteiger partial charge in [0.25, 0.3) is 0 Å². The molecule has 0 spiro atoms. The molecule has 0 aromatic carbocycles. The largest absolute Gasteiger partial charge is 1.00 e. The zero-order chi connectivity index (χ0) is 11.8. The van der Waals surface area contributed by atoms with E-state index in [0.717, 1.165) is 5.92 Å². The molecule has 0 radical (unpaired) electrons. The van der Waals surface area contributed by atoms with Gasteiger partial charge in [-0.05, 0) is 18.8 Å². The summed E-state index contributed by atoms with van der Waals surface area (Å²) in [5.74, 6) is 0.865. The number of aryl methyl sites for hydroxylation is 1. The zero-order valence-electron chi connectivity index (χ0n) is 11.5. The first kappa shape index (κ1) is 16.5. The second kappa shape index (κ2) is 9.52. The van der Waals surface area contributed by atoms with Crippen LogP contribution in [0.2, 0.25) is 0 Å². The quantitative estimate of drug-likeness (QED) is 0.469. The summed E-state index contributed by atoms with van der Waals surface area (Å²) in [5, 5.41) is 0. The highest BCUT2D eigenvalue weighted by atomic mass is 35.5. The van der Waals surface area contributed by atoms with Crippen molar-refractivity contribution in [1.82, 2.24) is 4.57 Å². The van der Waals surface area contributed by atoms with Gasteiger partial charge in [0.15, 0.2) is 0 Å². The van der Waals surface area contributed by atoms with Gasteiger partial charge in [-0.3, -0.25) is 0 Å². The molecule has 3 heteroatoms. The van der Waals surface area contributed by atoms with Crippen molar-refractivity contribution in [3.8, 4) is 0 Å². The van der Waals surface area contributed by atoms with Gasteiger partial charge in [-0.25, -0.2) is 9.13 Å². The smallest absolute Gasteiger partial charge is 0.243 e. The minimum absolute atomic E-state index is 0. The summed E-state index contributed by atoms with van der Waals surface area (Å²) in [6.45, 7) is 5.77. The number of halogens is 1. The molecule has 17 heavy (non-hydrogen) atoms. The molecular weight excluding hydrogens is 232 g/mol. The van der Waals surface area contributed by atoms with Crippen molar-refractivity contribution in [1.29, 1.82) is 0 Å². The first-order chi connectivity index (χ1) is 7.76. The van der Waals surface area contributed by atoms with Gasteiger partial charge in [-0.1, -0.05) is 39.5 Å². The molecule has 0 aliphatic rings. The van der Waals surface area contributed by atoms with Crippen LogP contribution in [-0.4, -0.2) is 4.57 Å². The predicted octanol–water partition coefficient (Wildman–Crippen LogP) is 0.313. The normalized spacial score (nSPS) is 12.2. The first-order valence-corrected chi connectivity index (χ1v) is 6.77. The van der Waals surface area contributed by atoms with Gasteiger partial charge in [-0.2, -0.15) is 0 Å². The van der Waals surface area contributed by atoms with Crippen LogP contribution in [0.25, 0.3) is 0 Å². The molecule has 0 aliphatic carbocycles. The van der Waals surface area contributed by atoms with Crippen molar-refractivity contribution in [2.24, 2.45) is 13.0 Å². The molecule has 1 heterocycles. The van der Waals surface area contributed by atoms with Crippen LogP contribution in [0, 0.1) is 5.92 Å². The molecule has 1 atom stereocenters. The molecule has 0 N–H and O–H groups in total. The number of unbranched alkanes of at least 4 members (excludes halogenated alkanes) is 2. The Labute approximate surface area is 112 Å². The Morgan fingerprint density at radius 3 is 2.41 bits per heavy atom. The van der Waals surface area contributed by atoms with E-state index in [1.54, 1.807) is 0 Å². The molecular formula is C14H27ClN2. The summed E-state index contributed by atoms with van der Waals surface area (Å²) >= 11 is 0. The lowest BCUT2D eigenvalue weighted by molar-refractivity contribution is -0.671. The number of hydrogen-bond donors (Lipinski definition) is 0. The van der Waals surface area contributed by atoms with Crippen LogP contribution in [0.15, 0.2) is 18.7 Å². The molecule has 0 aliphatic heterocycles. The number of rotatable bonds is 8. The predicted molar refractivity (Wildman–Crippen MR) is 68.1 cm³/mol. The Bertz CT molecular complexity index is 284. The van der Waals surface area contributed by atoms with E-state index in [1.807, 2.05) is 0 Å². The summed E-state index contributed by atoms with van der Waals surface area (Å²) in [6.07, 6.45) is 14.7. The van der Waals surface area contributed by atoms with Crippen molar-refractivity contribution in [3.63, 3.8) is 0 Å². The molecule has 0 saturated heterocycles. The van der Waals surface area contributed by atoms with E-state index >= 15 is 0 Å². The van der Waals surface area contributed by atoms with Gasteiger partial charge in [0, 0.05) is 0 Å². The highest BCUT2D eigenvalue weighted by Gasteiger charge is 2.11. The first-order valence-electron chi connectivity index (χ1n) is 6.77. The van der Waals surface area contributed by atoms with Crippen molar-refractivity contribution in [2.45, 2.75) is 58.9 Å². The summed E-state index contributed by atoms with van der Waals surface area (Å²) in [5.41, 5.74) is 0. The highest BCUT2D eigenvalue weighted by Crippen LogP contribution is 2.17. The molecule has 1 aromatic heterocycles. The Hall–Kier alpha value is -0.500. The standard InChI is InChI=1S/C14H27N2.ClH/c1-4-6-7-9-14(8-5-2)12-16-11-10-15(3)13-16;/h10-11,13-14H,4-9,12H2,1-3H3;1H/q+1;/p-1. The third-order valence-corrected chi connectivity index (χ3v) is 3.21. The molecule has 2 nitrogen and oxygen atoms in total. The lowest BCUT2D eigenvalue weighted by atomic mass is 9.96. The van der Waals surface area contributed by atoms with E-state index in [-0.39, 0.29) is 12.4 Å². The van der Waals surface area contributed by atoms with Crippen LogP contribution in [0.4, 0.5) is 0 Å². The zero-order valence-corrected chi connectivity index (χ0v) is 12.3. The lowest BCUT2D eigenvalue weighted by Gasteiger charge is -2.13. The van der Waals surface area contributed by atoms with E-state index < -0.39 is 0 Å². The highest BCUT2D eigenvalue weighted by molar-refractivity contribution is 4.69. The average molecular weight is 259 g/mol. The fourth-order valence-corrected chi connectivity index (χ4v) is 2.33. The third kappa shape index (κ3) is 6.72. The van der Waals surface area contributed by atoms with Crippen LogP contribution in [0.5, 0.6) is 0 Å². The summed E-state index contributed by atoms with van der Waals surface area (Å²) in [6, 6.07) is 0. The Balaban J connectivity index is 0.00000256. The Kier molecular flexibility index (Phi) is 9.24. The molecule has 100 valence electrons. The number of imidazole rings is 1. The lowest BCUT2D eigenvalue weighted by Crippen LogP contribution is -3.00. The number of nitrogens with zero attached hydrogens (tertiary/aromatic N) is 2. The monoisotopic (exact) mass is 258 g/mol. The fourth-order valence-electron chi connectivity index (χ4n) is 2.33. The van der Waals surface area contributed by atoms with Gasteiger partial charge in [0.2, 0.25) is 6.33 Å². The number of aromatic nitrogens is 2. The van der Waals surface area contributed by atoms with Crippen molar-refractivity contribution in [3.05, 3.63) is 18.7 Å². The molecule has 0 fully saturated rings. The molecule has 1 unspecified atom stereocenters. The molecule has 0 saturated carbocycles. The topological polar surface area (TPSA) is 8.81 Å². The minimum Gasteiger partial charge on any atom is -1.00 e. The Morgan fingerprint density at radius 2 is 1.88 bits per heavy atom. The maximum atomic E-state index is 2.33. The second-order valence-corrected chi connectivity index (χ2v) is 4.93. The van der Waals surface area contributed by atoms with Crippen LogP contribution in [0.1, 0.15) is 52.4 Å². The molecule has 1 rings (SSSR count). The van der Waals surface area contributed by atoms with Crippen LogP contribution in [0.3, 0.4) is 0 Å². The van der Waals surface area contributed by atoms with Gasteiger partial charge in [-0.15, -0.1) is 0 Å². The van der Waals surface area contributed by atoms with Crippen molar-refractivity contribution < 1.29 is 17.0 Å². The molecule has 0 bridgehead atoms. The average Bonchev–Trinajstić information content (AvgIpc) is 2.65. The summed E-state index contributed by atoms with van der Waals surface area (Å²) in [7, 11) is 2.09. The molecule has 0 amide bonds. The van der Waals surface area contributed by atoms with Crippen LogP contribution < -0.4 is 17.0 Å².